The maximum atomic E-state index is 12.6. The highest BCUT2D eigenvalue weighted by atomic mass is 31.2. The molecule has 0 radical (unpaired) electrons. The van der Waals surface area contributed by atoms with Gasteiger partial charge in [-0.25, -0.2) is 0 Å². The molecule has 1 unspecified atom stereocenters. The van der Waals surface area contributed by atoms with E-state index in [1.54, 1.807) is 0 Å². The third-order valence-corrected chi connectivity index (χ3v) is 10.6. The molecule has 0 aliphatic rings. The second kappa shape index (κ2) is 35.7. The fourth-order valence-electron chi connectivity index (χ4n) is 6.18. The first kappa shape index (κ1) is 51.0. The molecule has 0 aromatic heterocycles. The zero-order valence-electron chi connectivity index (χ0n) is 34.8. The number of quaternary nitrogens is 1. The molecule has 0 rings (SSSR count). The summed E-state index contributed by atoms with van der Waals surface area (Å²) in [5, 5.41) is 0. The van der Waals surface area contributed by atoms with Gasteiger partial charge in [-0.15, -0.1) is 0 Å². The van der Waals surface area contributed by atoms with Gasteiger partial charge in [0.15, 0.2) is 6.10 Å². The Balaban J connectivity index is 4.33. The van der Waals surface area contributed by atoms with Crippen LogP contribution in [0, 0.1) is 0 Å². The SMILES string of the molecule is CCCCCCCCCCCCCCCCC(=O)OC[C@H](COP(=O)([O-])OCC[N+](C)(C)C)OC(=O)CCCCCCCCCCCCCCCC. The maximum absolute atomic E-state index is 12.6. The highest BCUT2D eigenvalue weighted by Gasteiger charge is 2.21. The summed E-state index contributed by atoms with van der Waals surface area (Å²) in [7, 11) is 1.18. The number of esters is 2. The van der Waals surface area contributed by atoms with Gasteiger partial charge in [-0.05, 0) is 12.8 Å². The summed E-state index contributed by atoms with van der Waals surface area (Å²) >= 11 is 0. The van der Waals surface area contributed by atoms with Crippen LogP contribution in [0.1, 0.15) is 206 Å². The molecule has 0 aliphatic heterocycles. The predicted octanol–water partition coefficient (Wildman–Crippen LogP) is 11.4. The molecule has 52 heavy (non-hydrogen) atoms. The van der Waals surface area contributed by atoms with Crippen molar-refractivity contribution in [3.63, 3.8) is 0 Å². The van der Waals surface area contributed by atoms with E-state index in [0.717, 1.165) is 32.1 Å². The predicted molar refractivity (Wildman–Crippen MR) is 213 cm³/mol. The van der Waals surface area contributed by atoms with E-state index >= 15 is 0 Å². The normalized spacial score (nSPS) is 13.6. The van der Waals surface area contributed by atoms with Crippen LogP contribution in [0.5, 0.6) is 0 Å². The molecule has 10 heteroatoms. The van der Waals surface area contributed by atoms with Crippen LogP contribution in [-0.4, -0.2) is 70.0 Å². The number of carbonyl (C=O) groups is 2. The van der Waals surface area contributed by atoms with Crippen LogP contribution in [-0.2, 0) is 32.7 Å². The van der Waals surface area contributed by atoms with Gasteiger partial charge in [-0.3, -0.25) is 14.2 Å². The zero-order chi connectivity index (χ0) is 38.6. The van der Waals surface area contributed by atoms with Crippen LogP contribution in [0.2, 0.25) is 0 Å². The first-order chi connectivity index (χ1) is 25.0. The molecule has 0 fully saturated rings. The molecule has 2 atom stereocenters. The van der Waals surface area contributed by atoms with E-state index in [-0.39, 0.29) is 32.0 Å². The Hall–Kier alpha value is -0.990. The third kappa shape index (κ3) is 38.7. The van der Waals surface area contributed by atoms with Gasteiger partial charge in [0.25, 0.3) is 7.82 Å². The van der Waals surface area contributed by atoms with Gasteiger partial charge in [-0.1, -0.05) is 181 Å². The van der Waals surface area contributed by atoms with Gasteiger partial charge in [0, 0.05) is 12.8 Å². The van der Waals surface area contributed by atoms with Crippen molar-refractivity contribution >= 4 is 19.8 Å². The number of carbonyl (C=O) groups excluding carboxylic acids is 2. The van der Waals surface area contributed by atoms with Crippen LogP contribution >= 0.6 is 7.82 Å². The highest BCUT2D eigenvalue weighted by Crippen LogP contribution is 2.38. The van der Waals surface area contributed by atoms with E-state index in [4.69, 9.17) is 18.5 Å². The molecule has 0 aromatic rings. The van der Waals surface area contributed by atoms with E-state index < -0.39 is 26.5 Å². The topological polar surface area (TPSA) is 111 Å². The second-order valence-corrected chi connectivity index (χ2v) is 17.5. The number of phosphoric acid groups is 1. The molecule has 0 N–H and O–H groups in total. The average Bonchev–Trinajstić information content (AvgIpc) is 3.09. The maximum Gasteiger partial charge on any atom is 0.306 e. The van der Waals surface area contributed by atoms with Gasteiger partial charge in [0.05, 0.1) is 27.7 Å². The van der Waals surface area contributed by atoms with Gasteiger partial charge in [0.1, 0.15) is 19.8 Å². The second-order valence-electron chi connectivity index (χ2n) is 16.1. The minimum absolute atomic E-state index is 0.0258. The van der Waals surface area contributed by atoms with Crippen molar-refractivity contribution in [3.8, 4) is 0 Å². The molecule has 0 aromatic carbocycles. The Morgan fingerprint density at radius 3 is 1.23 bits per heavy atom. The van der Waals surface area contributed by atoms with E-state index in [1.165, 1.54) is 141 Å². The highest BCUT2D eigenvalue weighted by molar-refractivity contribution is 7.45. The molecule has 310 valence electrons. The van der Waals surface area contributed by atoms with Crippen LogP contribution in [0.4, 0.5) is 0 Å². The molecule has 0 saturated heterocycles. The third-order valence-electron chi connectivity index (χ3n) is 9.63. The number of rotatable bonds is 40. The monoisotopic (exact) mass is 762 g/mol. The number of likely N-dealkylation sites (N-methyl/N-ethyl adjacent to an activating group) is 1. The van der Waals surface area contributed by atoms with Crippen molar-refractivity contribution in [1.82, 2.24) is 0 Å². The molecular formula is C42H84NO8P. The largest absolute Gasteiger partial charge is 0.756 e. The molecule has 0 bridgehead atoms. The zero-order valence-corrected chi connectivity index (χ0v) is 35.7. The van der Waals surface area contributed by atoms with Crippen LogP contribution < -0.4 is 4.89 Å². The lowest BCUT2D eigenvalue weighted by Gasteiger charge is -2.28. The van der Waals surface area contributed by atoms with Crippen molar-refractivity contribution in [2.24, 2.45) is 0 Å². The molecule has 0 amide bonds. The van der Waals surface area contributed by atoms with Gasteiger partial charge in [0.2, 0.25) is 0 Å². The Morgan fingerprint density at radius 1 is 0.519 bits per heavy atom. The lowest BCUT2D eigenvalue weighted by molar-refractivity contribution is -0.870. The number of ether oxygens (including phenoxy) is 2. The number of hydrogen-bond donors (Lipinski definition) is 0. The lowest BCUT2D eigenvalue weighted by Crippen LogP contribution is -2.37. The van der Waals surface area contributed by atoms with E-state index in [9.17, 15) is 19.0 Å². The first-order valence-electron chi connectivity index (χ1n) is 21.7. The number of phosphoric ester groups is 1. The minimum atomic E-state index is -4.61. The van der Waals surface area contributed by atoms with Crippen molar-refractivity contribution in [2.45, 2.75) is 213 Å². The average molecular weight is 762 g/mol. The summed E-state index contributed by atoms with van der Waals surface area (Å²) in [4.78, 5) is 37.5. The van der Waals surface area contributed by atoms with Gasteiger partial charge in [-0.2, -0.15) is 0 Å². The summed E-state index contributed by atoms with van der Waals surface area (Å²) in [5.74, 6) is -0.821. The molecular weight excluding hydrogens is 677 g/mol. The van der Waals surface area contributed by atoms with Crippen LogP contribution in [0.15, 0.2) is 0 Å². The van der Waals surface area contributed by atoms with Crippen LogP contribution in [0.3, 0.4) is 0 Å². The van der Waals surface area contributed by atoms with Crippen molar-refractivity contribution in [2.75, 3.05) is 47.5 Å². The standard InChI is InChI=1S/C42H84NO8P/c1-6-8-10-12-14-16-18-20-22-24-26-28-30-32-34-41(44)48-38-40(39-50-52(46,47)49-37-36-43(3,4)5)51-42(45)35-33-31-29-27-25-23-21-19-17-15-13-11-9-7-2/h40H,6-39H2,1-5H3/t40-/m1/s1. The molecule has 9 nitrogen and oxygen atoms in total. The lowest BCUT2D eigenvalue weighted by atomic mass is 10.0. The molecule has 0 spiro atoms. The fraction of sp³-hybridized carbons (Fsp3) is 0.952. The first-order valence-corrected chi connectivity index (χ1v) is 23.2. The smallest absolute Gasteiger partial charge is 0.306 e. The van der Waals surface area contributed by atoms with E-state index in [0.29, 0.717) is 17.4 Å². The quantitative estimate of drug-likeness (QED) is 0.0263. The number of nitrogens with zero attached hydrogens (tertiary/aromatic N) is 1. The van der Waals surface area contributed by atoms with Crippen molar-refractivity contribution < 1.29 is 42.1 Å². The Bertz CT molecular complexity index is 865. The molecule has 0 saturated carbocycles. The summed E-state index contributed by atoms with van der Waals surface area (Å²) in [6.07, 6.45) is 34.0. The Kier molecular flexibility index (Phi) is 35.0. The van der Waals surface area contributed by atoms with Gasteiger partial charge >= 0.3 is 11.9 Å². The Labute approximate surface area is 321 Å². The van der Waals surface area contributed by atoms with E-state index in [2.05, 4.69) is 13.8 Å². The fourth-order valence-corrected chi connectivity index (χ4v) is 6.91. The summed E-state index contributed by atoms with van der Waals surface area (Å²) in [6.45, 7) is 4.25. The van der Waals surface area contributed by atoms with Crippen LogP contribution in [0.25, 0.3) is 0 Å². The number of unbranched alkanes of at least 4 members (excludes halogenated alkanes) is 26. The summed E-state index contributed by atoms with van der Waals surface area (Å²) in [5.41, 5.74) is 0. The molecule has 0 heterocycles. The van der Waals surface area contributed by atoms with E-state index in [1.807, 2.05) is 21.1 Å². The molecule has 0 aliphatic carbocycles. The summed E-state index contributed by atoms with van der Waals surface area (Å²) < 4.78 is 33.9. The van der Waals surface area contributed by atoms with Crippen molar-refractivity contribution in [1.29, 1.82) is 0 Å². The summed E-state index contributed by atoms with van der Waals surface area (Å²) in [6, 6.07) is 0. The minimum Gasteiger partial charge on any atom is -0.756 e. The van der Waals surface area contributed by atoms with Gasteiger partial charge < -0.3 is 27.9 Å². The number of hydrogen-bond acceptors (Lipinski definition) is 8. The van der Waals surface area contributed by atoms with Crippen molar-refractivity contribution in [3.05, 3.63) is 0 Å². The Morgan fingerprint density at radius 2 is 0.865 bits per heavy atom.